The molecule has 0 aromatic carbocycles. The summed E-state index contributed by atoms with van der Waals surface area (Å²) >= 11 is 1.47. The van der Waals surface area contributed by atoms with Crippen LogP contribution in [0.1, 0.15) is 14.7 Å². The molecule has 0 saturated carbocycles. The second-order valence-corrected chi connectivity index (χ2v) is 3.97. The average Bonchev–Trinajstić information content (AvgIpc) is 2.48. The van der Waals surface area contributed by atoms with Crippen LogP contribution in [0.5, 0.6) is 0 Å². The smallest absolute Gasteiger partial charge is 0.161 e. The monoisotopic (exact) mass is 184 g/mol. The normalized spacial score (nSPS) is 10.6. The fourth-order valence-corrected chi connectivity index (χ4v) is 1.54. The molecule has 0 atom stereocenters. The van der Waals surface area contributed by atoms with Gasteiger partial charge in [0.15, 0.2) is 6.29 Å². The summed E-state index contributed by atoms with van der Waals surface area (Å²) in [5, 5.41) is 1.03. The van der Waals surface area contributed by atoms with Crippen LogP contribution < -0.4 is 0 Å². The van der Waals surface area contributed by atoms with E-state index >= 15 is 0 Å². The quantitative estimate of drug-likeness (QED) is 0.656. The SMILES string of the molecule is CN(C)CCc1ncc(C=O)s1. The number of carbonyl (C=O) groups excluding carboxylic acids is 1. The molecule has 1 rings (SSSR count). The largest absolute Gasteiger partial charge is 0.309 e. The zero-order valence-electron chi connectivity index (χ0n) is 7.28. The molecule has 1 heterocycles. The van der Waals surface area contributed by atoms with Gasteiger partial charge < -0.3 is 4.90 Å². The zero-order chi connectivity index (χ0) is 8.97. The van der Waals surface area contributed by atoms with Crippen molar-refractivity contribution < 1.29 is 4.79 Å². The summed E-state index contributed by atoms with van der Waals surface area (Å²) in [7, 11) is 4.04. The fourth-order valence-electron chi connectivity index (χ4n) is 0.814. The first-order valence-electron chi connectivity index (χ1n) is 3.77. The lowest BCUT2D eigenvalue weighted by atomic mass is 10.4. The van der Waals surface area contributed by atoms with Gasteiger partial charge in [-0.3, -0.25) is 4.79 Å². The van der Waals surface area contributed by atoms with E-state index in [1.807, 2.05) is 14.1 Å². The third-order valence-corrected chi connectivity index (χ3v) is 2.44. The Balaban J connectivity index is 2.47. The lowest BCUT2D eigenvalue weighted by Gasteiger charge is -2.06. The number of rotatable bonds is 4. The molecule has 1 aromatic rings. The Morgan fingerprint density at radius 2 is 2.42 bits per heavy atom. The number of nitrogens with zero attached hydrogens (tertiary/aromatic N) is 2. The topological polar surface area (TPSA) is 33.2 Å². The molecular weight excluding hydrogens is 172 g/mol. The van der Waals surface area contributed by atoms with E-state index in [2.05, 4.69) is 9.88 Å². The summed E-state index contributed by atoms with van der Waals surface area (Å²) in [6.07, 6.45) is 3.39. The van der Waals surface area contributed by atoms with Gasteiger partial charge in [0.1, 0.15) is 0 Å². The van der Waals surface area contributed by atoms with Crippen molar-refractivity contribution in [1.29, 1.82) is 0 Å². The molecule has 12 heavy (non-hydrogen) atoms. The van der Waals surface area contributed by atoms with E-state index in [1.165, 1.54) is 11.3 Å². The highest BCUT2D eigenvalue weighted by Gasteiger charge is 2.00. The van der Waals surface area contributed by atoms with Gasteiger partial charge in [0.25, 0.3) is 0 Å². The summed E-state index contributed by atoms with van der Waals surface area (Å²) in [4.78, 5) is 17.2. The van der Waals surface area contributed by atoms with Crippen LogP contribution in [0.25, 0.3) is 0 Å². The number of likely N-dealkylation sites (N-methyl/N-ethyl adjacent to an activating group) is 1. The minimum Gasteiger partial charge on any atom is -0.309 e. The average molecular weight is 184 g/mol. The lowest BCUT2D eigenvalue weighted by molar-refractivity contribution is 0.112. The Hall–Kier alpha value is -0.740. The summed E-state index contributed by atoms with van der Waals surface area (Å²) in [5.41, 5.74) is 0. The first kappa shape index (κ1) is 9.35. The molecule has 0 fully saturated rings. The third-order valence-electron chi connectivity index (χ3n) is 1.46. The van der Waals surface area contributed by atoms with Crippen LogP contribution in [-0.2, 0) is 6.42 Å². The molecule has 66 valence electrons. The molecular formula is C8H12N2OS. The van der Waals surface area contributed by atoms with Gasteiger partial charge in [0, 0.05) is 19.2 Å². The van der Waals surface area contributed by atoms with Crippen LogP contribution in [0.4, 0.5) is 0 Å². The first-order chi connectivity index (χ1) is 5.72. The molecule has 0 saturated heterocycles. The lowest BCUT2D eigenvalue weighted by Crippen LogP contribution is -2.14. The Labute approximate surface area is 76.0 Å². The molecule has 0 aliphatic heterocycles. The predicted molar refractivity (Wildman–Crippen MR) is 49.8 cm³/mol. The summed E-state index contributed by atoms with van der Waals surface area (Å²) in [6, 6.07) is 0. The number of aldehydes is 1. The summed E-state index contributed by atoms with van der Waals surface area (Å²) in [6.45, 7) is 0.978. The molecule has 0 N–H and O–H groups in total. The van der Waals surface area contributed by atoms with Gasteiger partial charge >= 0.3 is 0 Å². The van der Waals surface area contributed by atoms with Gasteiger partial charge in [-0.15, -0.1) is 11.3 Å². The van der Waals surface area contributed by atoms with Crippen LogP contribution >= 0.6 is 11.3 Å². The molecule has 0 bridgehead atoms. The number of hydrogen-bond acceptors (Lipinski definition) is 4. The highest BCUT2D eigenvalue weighted by Crippen LogP contribution is 2.10. The maximum absolute atomic E-state index is 10.3. The van der Waals surface area contributed by atoms with Crippen molar-refractivity contribution in [3.63, 3.8) is 0 Å². The van der Waals surface area contributed by atoms with Crippen molar-refractivity contribution in [2.24, 2.45) is 0 Å². The van der Waals surface area contributed by atoms with Gasteiger partial charge in [-0.1, -0.05) is 0 Å². The molecule has 0 radical (unpaired) electrons. The van der Waals surface area contributed by atoms with E-state index in [1.54, 1.807) is 6.20 Å². The molecule has 3 nitrogen and oxygen atoms in total. The minimum absolute atomic E-state index is 0.712. The first-order valence-corrected chi connectivity index (χ1v) is 4.58. The number of thiazole rings is 1. The van der Waals surface area contributed by atoms with Crippen LogP contribution in [0, 0.1) is 0 Å². The second-order valence-electron chi connectivity index (χ2n) is 2.83. The minimum atomic E-state index is 0.712. The predicted octanol–water partition coefficient (Wildman–Crippen LogP) is 1.06. The van der Waals surface area contributed by atoms with Crippen molar-refractivity contribution in [2.75, 3.05) is 20.6 Å². The van der Waals surface area contributed by atoms with Crippen molar-refractivity contribution in [3.8, 4) is 0 Å². The Morgan fingerprint density at radius 1 is 1.67 bits per heavy atom. The summed E-state index contributed by atoms with van der Waals surface area (Å²) < 4.78 is 0. The molecule has 0 spiro atoms. The van der Waals surface area contributed by atoms with E-state index < -0.39 is 0 Å². The van der Waals surface area contributed by atoms with Crippen LogP contribution in [-0.4, -0.2) is 36.8 Å². The third kappa shape index (κ3) is 2.71. The van der Waals surface area contributed by atoms with Gasteiger partial charge in [0.05, 0.1) is 9.88 Å². The molecule has 0 unspecified atom stereocenters. The molecule has 0 amide bonds. The van der Waals surface area contributed by atoms with Crippen LogP contribution in [0.2, 0.25) is 0 Å². The number of carbonyl (C=O) groups is 1. The molecule has 0 aliphatic rings. The highest BCUT2D eigenvalue weighted by atomic mass is 32.1. The number of aromatic nitrogens is 1. The van der Waals surface area contributed by atoms with Crippen molar-refractivity contribution in [2.45, 2.75) is 6.42 Å². The molecule has 1 aromatic heterocycles. The maximum Gasteiger partial charge on any atom is 0.161 e. The Morgan fingerprint density at radius 3 is 2.92 bits per heavy atom. The van der Waals surface area contributed by atoms with Gasteiger partial charge in [-0.25, -0.2) is 4.98 Å². The van der Waals surface area contributed by atoms with Gasteiger partial charge in [-0.05, 0) is 14.1 Å². The Kier molecular flexibility index (Phi) is 3.37. The van der Waals surface area contributed by atoms with E-state index in [0.717, 1.165) is 24.3 Å². The molecule has 4 heteroatoms. The zero-order valence-corrected chi connectivity index (χ0v) is 8.10. The van der Waals surface area contributed by atoms with Gasteiger partial charge in [-0.2, -0.15) is 0 Å². The van der Waals surface area contributed by atoms with Crippen molar-refractivity contribution >= 4 is 17.6 Å². The van der Waals surface area contributed by atoms with Crippen LogP contribution in [0.15, 0.2) is 6.20 Å². The maximum atomic E-state index is 10.3. The van der Waals surface area contributed by atoms with E-state index in [4.69, 9.17) is 0 Å². The van der Waals surface area contributed by atoms with Crippen LogP contribution in [0.3, 0.4) is 0 Å². The molecule has 0 aliphatic carbocycles. The Bertz CT molecular complexity index is 257. The number of hydrogen-bond donors (Lipinski definition) is 0. The van der Waals surface area contributed by atoms with E-state index in [0.29, 0.717) is 4.88 Å². The fraction of sp³-hybridized carbons (Fsp3) is 0.500. The van der Waals surface area contributed by atoms with Gasteiger partial charge in [0.2, 0.25) is 0 Å². The highest BCUT2D eigenvalue weighted by molar-refractivity contribution is 7.13. The van der Waals surface area contributed by atoms with Crippen molar-refractivity contribution in [1.82, 2.24) is 9.88 Å². The van der Waals surface area contributed by atoms with E-state index in [-0.39, 0.29) is 0 Å². The summed E-state index contributed by atoms with van der Waals surface area (Å²) in [5.74, 6) is 0. The van der Waals surface area contributed by atoms with E-state index in [9.17, 15) is 4.79 Å². The second kappa shape index (κ2) is 4.33. The standard InChI is InChI=1S/C8H12N2OS/c1-10(2)4-3-8-9-5-7(6-11)12-8/h5-6H,3-4H2,1-2H3. The van der Waals surface area contributed by atoms with Crippen molar-refractivity contribution in [3.05, 3.63) is 16.1 Å².